The summed E-state index contributed by atoms with van der Waals surface area (Å²) in [5, 5.41) is 24.5. The van der Waals surface area contributed by atoms with Crippen molar-refractivity contribution < 1.29 is 0 Å². The van der Waals surface area contributed by atoms with Crippen LogP contribution in [0.5, 0.6) is 0 Å². The predicted octanol–water partition coefficient (Wildman–Crippen LogP) is 11.0. The van der Waals surface area contributed by atoms with E-state index in [4.69, 9.17) is 0 Å². The summed E-state index contributed by atoms with van der Waals surface area (Å²) in [4.78, 5) is 0. The van der Waals surface area contributed by atoms with Crippen molar-refractivity contribution in [3.8, 4) is 45.8 Å². The number of fused-ring (bicyclic) bond motifs is 6. The van der Waals surface area contributed by atoms with E-state index in [0.29, 0.717) is 11.1 Å². The number of nitriles is 2. The van der Waals surface area contributed by atoms with Gasteiger partial charge in [0.1, 0.15) is 0 Å². The van der Waals surface area contributed by atoms with Crippen molar-refractivity contribution >= 4 is 43.6 Å². The van der Waals surface area contributed by atoms with Crippen molar-refractivity contribution in [2.45, 2.75) is 0 Å². The van der Waals surface area contributed by atoms with Crippen LogP contribution >= 0.6 is 0 Å². The molecule has 9 rings (SSSR count). The second-order valence-corrected chi connectivity index (χ2v) is 12.0. The molecule has 0 saturated carbocycles. The fourth-order valence-electron chi connectivity index (χ4n) is 7.32. The lowest BCUT2D eigenvalue weighted by Gasteiger charge is -2.15. The molecule has 0 aliphatic rings. The minimum absolute atomic E-state index is 0.622. The Hall–Kier alpha value is -6.88. The Labute approximate surface area is 277 Å². The molecule has 2 aromatic heterocycles. The lowest BCUT2D eigenvalue weighted by molar-refractivity contribution is 1.18. The average molecular weight is 611 g/mol. The van der Waals surface area contributed by atoms with E-state index in [1.54, 1.807) is 0 Å². The molecule has 0 N–H and O–H groups in total. The molecule has 0 aliphatic heterocycles. The van der Waals surface area contributed by atoms with Crippen LogP contribution in [0, 0.1) is 22.7 Å². The Morgan fingerprint density at radius 1 is 0.396 bits per heavy atom. The SMILES string of the molecule is N#Cc1ccc(-c2ccccc2-n2c3ccccc3c3ccccc32)cc1-c1ccc(-n2c3ccccc3c3c(C#N)cccc32)cc1. The normalized spacial score (nSPS) is 11.3. The van der Waals surface area contributed by atoms with Gasteiger partial charge in [0.2, 0.25) is 0 Å². The zero-order valence-electron chi connectivity index (χ0n) is 25.8. The first-order valence-corrected chi connectivity index (χ1v) is 15.9. The van der Waals surface area contributed by atoms with E-state index in [1.807, 2.05) is 36.4 Å². The zero-order valence-corrected chi connectivity index (χ0v) is 25.8. The van der Waals surface area contributed by atoms with Crippen LogP contribution in [0.2, 0.25) is 0 Å². The van der Waals surface area contributed by atoms with Gasteiger partial charge in [0.25, 0.3) is 0 Å². The molecule has 0 aliphatic carbocycles. The highest BCUT2D eigenvalue weighted by atomic mass is 15.0. The molecule has 0 unspecified atom stereocenters. The van der Waals surface area contributed by atoms with Crippen LogP contribution in [0.4, 0.5) is 0 Å². The van der Waals surface area contributed by atoms with E-state index >= 15 is 0 Å². The maximum Gasteiger partial charge on any atom is 0.0998 e. The van der Waals surface area contributed by atoms with Gasteiger partial charge in [-0.25, -0.2) is 0 Å². The molecule has 2 heterocycles. The summed E-state index contributed by atoms with van der Waals surface area (Å²) in [6.07, 6.45) is 0. The van der Waals surface area contributed by atoms with Crippen molar-refractivity contribution in [1.29, 1.82) is 10.5 Å². The second-order valence-electron chi connectivity index (χ2n) is 12.0. The molecule has 4 nitrogen and oxygen atoms in total. The summed E-state index contributed by atoms with van der Waals surface area (Å²) in [7, 11) is 0. The first-order valence-electron chi connectivity index (χ1n) is 15.9. The summed E-state index contributed by atoms with van der Waals surface area (Å²) in [6, 6.07) is 58.9. The molecule has 0 fully saturated rings. The highest BCUT2D eigenvalue weighted by molar-refractivity contribution is 6.12. The molecule has 7 aromatic carbocycles. The molecule has 0 amide bonds. The third-order valence-corrected chi connectivity index (χ3v) is 9.43. The summed E-state index contributed by atoms with van der Waals surface area (Å²) in [5.41, 5.74) is 11.7. The van der Waals surface area contributed by atoms with Gasteiger partial charge in [-0.1, -0.05) is 97.1 Å². The Kier molecular flexibility index (Phi) is 6.22. The van der Waals surface area contributed by atoms with Gasteiger partial charge in [-0.2, -0.15) is 10.5 Å². The van der Waals surface area contributed by atoms with E-state index in [1.165, 1.54) is 10.8 Å². The van der Waals surface area contributed by atoms with Gasteiger partial charge in [-0.15, -0.1) is 0 Å². The van der Waals surface area contributed by atoms with Crippen LogP contribution in [0.1, 0.15) is 11.1 Å². The minimum Gasteiger partial charge on any atom is -0.309 e. The number of hydrogen-bond acceptors (Lipinski definition) is 2. The van der Waals surface area contributed by atoms with Crippen LogP contribution in [0.3, 0.4) is 0 Å². The van der Waals surface area contributed by atoms with Gasteiger partial charge in [0.15, 0.2) is 0 Å². The van der Waals surface area contributed by atoms with Crippen molar-refractivity contribution in [2.75, 3.05) is 0 Å². The number of para-hydroxylation sites is 4. The van der Waals surface area contributed by atoms with E-state index in [9.17, 15) is 10.5 Å². The quantitative estimate of drug-likeness (QED) is 0.199. The predicted molar refractivity (Wildman–Crippen MR) is 195 cm³/mol. The van der Waals surface area contributed by atoms with Crippen molar-refractivity contribution in [1.82, 2.24) is 9.13 Å². The third-order valence-electron chi connectivity index (χ3n) is 9.43. The molecule has 48 heavy (non-hydrogen) atoms. The third kappa shape index (κ3) is 4.07. The largest absolute Gasteiger partial charge is 0.309 e. The molecule has 4 heteroatoms. The molecule has 222 valence electrons. The molecular formula is C44H26N4. The molecular weight excluding hydrogens is 585 g/mol. The smallest absolute Gasteiger partial charge is 0.0998 e. The fraction of sp³-hybridized carbons (Fsp3) is 0. The van der Waals surface area contributed by atoms with Crippen LogP contribution in [-0.4, -0.2) is 9.13 Å². The topological polar surface area (TPSA) is 57.4 Å². The van der Waals surface area contributed by atoms with Crippen LogP contribution in [0.25, 0.3) is 77.2 Å². The average Bonchev–Trinajstić information content (AvgIpc) is 3.68. The number of rotatable bonds is 4. The minimum atomic E-state index is 0.622. The summed E-state index contributed by atoms with van der Waals surface area (Å²) in [6.45, 7) is 0. The van der Waals surface area contributed by atoms with Gasteiger partial charge in [0.05, 0.1) is 51.0 Å². The zero-order chi connectivity index (χ0) is 32.2. The van der Waals surface area contributed by atoms with E-state index < -0.39 is 0 Å². The molecule has 0 saturated heterocycles. The first-order chi connectivity index (χ1) is 23.7. The maximum absolute atomic E-state index is 10.2. The van der Waals surface area contributed by atoms with Crippen molar-refractivity contribution in [2.24, 2.45) is 0 Å². The molecule has 0 radical (unpaired) electrons. The Bertz CT molecular complexity index is 2750. The molecule has 0 bridgehead atoms. The monoisotopic (exact) mass is 610 g/mol. The highest BCUT2D eigenvalue weighted by Gasteiger charge is 2.18. The maximum atomic E-state index is 10.2. The van der Waals surface area contributed by atoms with Gasteiger partial charge in [-0.3, -0.25) is 0 Å². The van der Waals surface area contributed by atoms with E-state index in [-0.39, 0.29) is 0 Å². The van der Waals surface area contributed by atoms with Crippen LogP contribution in [-0.2, 0) is 0 Å². The number of benzene rings is 7. The van der Waals surface area contributed by atoms with Crippen LogP contribution in [0.15, 0.2) is 158 Å². The Morgan fingerprint density at radius 3 is 1.65 bits per heavy atom. The lowest BCUT2D eigenvalue weighted by atomic mass is 9.94. The van der Waals surface area contributed by atoms with Gasteiger partial charge >= 0.3 is 0 Å². The number of aromatic nitrogens is 2. The van der Waals surface area contributed by atoms with Gasteiger partial charge in [-0.05, 0) is 71.8 Å². The molecule has 0 atom stereocenters. The summed E-state index contributed by atoms with van der Waals surface area (Å²) < 4.78 is 4.55. The van der Waals surface area contributed by atoms with Gasteiger partial charge < -0.3 is 9.13 Å². The first kappa shape index (κ1) is 27.4. The Balaban J connectivity index is 1.19. The summed E-state index contributed by atoms with van der Waals surface area (Å²) in [5.74, 6) is 0. The number of hydrogen-bond donors (Lipinski definition) is 0. The fourth-order valence-corrected chi connectivity index (χ4v) is 7.32. The molecule has 9 aromatic rings. The molecule has 0 spiro atoms. The van der Waals surface area contributed by atoms with E-state index in [0.717, 1.165) is 66.5 Å². The lowest BCUT2D eigenvalue weighted by Crippen LogP contribution is -1.97. The highest BCUT2D eigenvalue weighted by Crippen LogP contribution is 2.39. The van der Waals surface area contributed by atoms with E-state index in [2.05, 4.69) is 143 Å². The van der Waals surface area contributed by atoms with Crippen molar-refractivity contribution in [3.05, 3.63) is 169 Å². The standard InChI is InChI=1S/C44H26N4/c45-27-31-21-20-30(34-11-1-5-15-39(34)48-40-16-6-2-12-35(40)36-13-3-7-17-41(36)48)26-38(31)29-22-24-33(25-23-29)47-42-18-8-4-14-37(42)44-32(28-46)10-9-19-43(44)47/h1-26H. The Morgan fingerprint density at radius 2 is 0.958 bits per heavy atom. The van der Waals surface area contributed by atoms with Crippen molar-refractivity contribution in [3.63, 3.8) is 0 Å². The summed E-state index contributed by atoms with van der Waals surface area (Å²) >= 11 is 0. The van der Waals surface area contributed by atoms with Gasteiger partial charge in [0, 0.05) is 38.4 Å². The number of nitrogens with zero attached hydrogens (tertiary/aromatic N) is 4. The second kappa shape index (κ2) is 10.9. The van der Waals surface area contributed by atoms with Crippen LogP contribution < -0.4 is 0 Å².